The fourth-order valence-electron chi connectivity index (χ4n) is 3.36. The van der Waals surface area contributed by atoms with E-state index in [1.54, 1.807) is 4.90 Å². The Kier molecular flexibility index (Phi) is 5.06. The van der Waals surface area contributed by atoms with Gasteiger partial charge in [-0.2, -0.15) is 0 Å². The first kappa shape index (κ1) is 16.1. The summed E-state index contributed by atoms with van der Waals surface area (Å²) in [4.78, 5) is 26.0. The van der Waals surface area contributed by atoms with Crippen LogP contribution in [0.1, 0.15) is 24.8 Å². The Morgan fingerprint density at radius 1 is 1.35 bits per heavy atom. The lowest BCUT2D eigenvalue weighted by Crippen LogP contribution is -2.43. The van der Waals surface area contributed by atoms with Gasteiger partial charge in [-0.15, -0.1) is 11.6 Å². The Morgan fingerprint density at radius 3 is 2.87 bits per heavy atom. The highest BCUT2D eigenvalue weighted by Gasteiger charge is 2.52. The van der Waals surface area contributed by atoms with Crippen molar-refractivity contribution in [2.45, 2.75) is 38.0 Å². The maximum absolute atomic E-state index is 12.4. The van der Waals surface area contributed by atoms with Crippen molar-refractivity contribution in [3.05, 3.63) is 35.9 Å². The van der Waals surface area contributed by atoms with Gasteiger partial charge in [0.1, 0.15) is 12.7 Å². The molecule has 124 valence electrons. The van der Waals surface area contributed by atoms with Crippen LogP contribution in [-0.2, 0) is 20.9 Å². The molecule has 0 radical (unpaired) electrons. The molecule has 1 aromatic carbocycles. The number of likely N-dealkylation sites (tertiary alicyclic amines) is 1. The fraction of sp³-hybridized carbons (Fsp3) is 0.529. The van der Waals surface area contributed by atoms with Crippen LogP contribution in [0.2, 0.25) is 0 Å². The van der Waals surface area contributed by atoms with Gasteiger partial charge in [0.05, 0.1) is 12.0 Å². The van der Waals surface area contributed by atoms with E-state index in [-0.39, 0.29) is 36.7 Å². The summed E-state index contributed by atoms with van der Waals surface area (Å²) in [7, 11) is 0. The number of esters is 1. The third-order valence-electron chi connectivity index (χ3n) is 4.47. The van der Waals surface area contributed by atoms with E-state index in [0.717, 1.165) is 12.0 Å². The number of amides is 1. The summed E-state index contributed by atoms with van der Waals surface area (Å²) in [6.45, 7) is 0.768. The summed E-state index contributed by atoms with van der Waals surface area (Å²) >= 11 is 5.73. The third kappa shape index (κ3) is 3.44. The lowest BCUT2D eigenvalue weighted by Gasteiger charge is -2.26. The summed E-state index contributed by atoms with van der Waals surface area (Å²) in [6, 6.07) is 9.33. The highest BCUT2D eigenvalue weighted by Crippen LogP contribution is 2.37. The van der Waals surface area contributed by atoms with Gasteiger partial charge in [0.15, 0.2) is 0 Å². The maximum Gasteiger partial charge on any atom is 0.410 e. The smallest absolute Gasteiger partial charge is 0.410 e. The van der Waals surface area contributed by atoms with E-state index in [0.29, 0.717) is 25.3 Å². The molecule has 0 spiro atoms. The molecular formula is C17H20ClNO4. The quantitative estimate of drug-likeness (QED) is 0.612. The SMILES string of the molecule is O=C1O[C@H](CCCCl)[C@@H]2[C@H]1CCN2C(=O)OCc1ccccc1. The minimum atomic E-state index is -0.379. The minimum absolute atomic E-state index is 0.201. The Labute approximate surface area is 140 Å². The van der Waals surface area contributed by atoms with Crippen molar-refractivity contribution in [2.24, 2.45) is 5.92 Å². The minimum Gasteiger partial charge on any atom is -0.460 e. The average Bonchev–Trinajstić information content (AvgIpc) is 3.14. The normalized spacial score (nSPS) is 26.0. The Balaban J connectivity index is 1.62. The molecule has 3 rings (SSSR count). The highest BCUT2D eigenvalue weighted by atomic mass is 35.5. The van der Waals surface area contributed by atoms with Crippen LogP contribution in [0.25, 0.3) is 0 Å². The Bertz CT molecular complexity index is 565. The van der Waals surface area contributed by atoms with Crippen LogP contribution in [0.5, 0.6) is 0 Å². The van der Waals surface area contributed by atoms with Gasteiger partial charge in [0.2, 0.25) is 0 Å². The number of cyclic esters (lactones) is 1. The van der Waals surface area contributed by atoms with Crippen molar-refractivity contribution in [2.75, 3.05) is 12.4 Å². The number of ether oxygens (including phenoxy) is 2. The van der Waals surface area contributed by atoms with Gasteiger partial charge < -0.3 is 14.4 Å². The number of carbonyl (C=O) groups excluding carboxylic acids is 2. The van der Waals surface area contributed by atoms with Crippen LogP contribution in [0.4, 0.5) is 4.79 Å². The fourth-order valence-corrected chi connectivity index (χ4v) is 3.52. The zero-order chi connectivity index (χ0) is 16.2. The van der Waals surface area contributed by atoms with E-state index in [1.165, 1.54) is 0 Å². The average molecular weight is 338 g/mol. The first-order valence-corrected chi connectivity index (χ1v) is 8.48. The van der Waals surface area contributed by atoms with Gasteiger partial charge in [-0.25, -0.2) is 4.79 Å². The van der Waals surface area contributed by atoms with Crippen molar-refractivity contribution in [1.29, 1.82) is 0 Å². The van der Waals surface area contributed by atoms with Crippen LogP contribution in [0.3, 0.4) is 0 Å². The zero-order valence-electron chi connectivity index (χ0n) is 12.8. The second kappa shape index (κ2) is 7.21. The van der Waals surface area contributed by atoms with Crippen LogP contribution < -0.4 is 0 Å². The van der Waals surface area contributed by atoms with Gasteiger partial charge in [0, 0.05) is 12.4 Å². The van der Waals surface area contributed by atoms with Gasteiger partial charge in [-0.3, -0.25) is 4.79 Å². The van der Waals surface area contributed by atoms with Gasteiger partial charge >= 0.3 is 12.1 Å². The second-order valence-corrected chi connectivity index (χ2v) is 6.30. The molecule has 2 saturated heterocycles. The molecule has 0 N–H and O–H groups in total. The van der Waals surface area contributed by atoms with Crippen molar-refractivity contribution < 1.29 is 19.1 Å². The first-order valence-electron chi connectivity index (χ1n) is 7.94. The predicted molar refractivity (Wildman–Crippen MR) is 85.1 cm³/mol. The van der Waals surface area contributed by atoms with Crippen molar-refractivity contribution >= 4 is 23.7 Å². The topological polar surface area (TPSA) is 55.8 Å². The standard InChI is InChI=1S/C17H20ClNO4/c18-9-4-7-14-15-13(16(20)23-14)8-10-19(15)17(21)22-11-12-5-2-1-3-6-12/h1-3,5-6,13-15H,4,7-11H2/t13-,14-,15+/m1/s1. The van der Waals surface area contributed by atoms with Crippen molar-refractivity contribution in [3.8, 4) is 0 Å². The number of benzene rings is 1. The number of hydrogen-bond acceptors (Lipinski definition) is 4. The summed E-state index contributed by atoms with van der Waals surface area (Å²) in [6.07, 6.45) is 1.43. The molecule has 2 aliphatic heterocycles. The third-order valence-corrected chi connectivity index (χ3v) is 4.73. The van der Waals surface area contributed by atoms with Crippen LogP contribution in [0, 0.1) is 5.92 Å². The maximum atomic E-state index is 12.4. The molecule has 0 aliphatic carbocycles. The molecule has 0 unspecified atom stereocenters. The summed E-state index contributed by atoms with van der Waals surface area (Å²) in [5, 5.41) is 0. The molecule has 6 heteroatoms. The summed E-state index contributed by atoms with van der Waals surface area (Å²) < 4.78 is 10.8. The molecule has 2 heterocycles. The molecule has 1 aromatic rings. The second-order valence-electron chi connectivity index (χ2n) is 5.93. The molecule has 0 bridgehead atoms. The number of halogens is 1. The van der Waals surface area contributed by atoms with Crippen LogP contribution in [0.15, 0.2) is 30.3 Å². The van der Waals surface area contributed by atoms with Gasteiger partial charge in [-0.1, -0.05) is 30.3 Å². The van der Waals surface area contributed by atoms with E-state index in [1.807, 2.05) is 30.3 Å². The predicted octanol–water partition coefficient (Wildman–Crippen LogP) is 2.96. The lowest BCUT2D eigenvalue weighted by molar-refractivity contribution is -0.144. The molecule has 2 aliphatic rings. The number of carbonyl (C=O) groups is 2. The van der Waals surface area contributed by atoms with E-state index >= 15 is 0 Å². The van der Waals surface area contributed by atoms with Crippen LogP contribution >= 0.6 is 11.6 Å². The van der Waals surface area contributed by atoms with E-state index < -0.39 is 0 Å². The molecule has 1 amide bonds. The van der Waals surface area contributed by atoms with Crippen molar-refractivity contribution in [1.82, 2.24) is 4.90 Å². The number of hydrogen-bond donors (Lipinski definition) is 0. The zero-order valence-corrected chi connectivity index (χ0v) is 13.6. The van der Waals surface area contributed by atoms with E-state index in [2.05, 4.69) is 0 Å². The first-order chi connectivity index (χ1) is 11.2. The number of nitrogens with zero attached hydrogens (tertiary/aromatic N) is 1. The van der Waals surface area contributed by atoms with Gasteiger partial charge in [-0.05, 0) is 24.8 Å². The molecule has 0 aromatic heterocycles. The van der Waals surface area contributed by atoms with E-state index in [9.17, 15) is 9.59 Å². The molecule has 0 saturated carbocycles. The summed E-state index contributed by atoms with van der Waals surface area (Å²) in [5.74, 6) is 0.0942. The van der Waals surface area contributed by atoms with Crippen molar-refractivity contribution in [3.63, 3.8) is 0 Å². The lowest BCUT2D eigenvalue weighted by atomic mass is 9.97. The Hall–Kier alpha value is -1.75. The molecule has 23 heavy (non-hydrogen) atoms. The van der Waals surface area contributed by atoms with Crippen LogP contribution in [-0.4, -0.2) is 41.5 Å². The number of rotatable bonds is 5. The number of alkyl halides is 1. The monoisotopic (exact) mass is 337 g/mol. The summed E-state index contributed by atoms with van der Waals surface area (Å²) in [5.41, 5.74) is 0.939. The van der Waals surface area contributed by atoms with E-state index in [4.69, 9.17) is 21.1 Å². The molecule has 3 atom stereocenters. The molecule has 5 nitrogen and oxygen atoms in total. The number of fused-ring (bicyclic) bond motifs is 1. The molecule has 2 fully saturated rings. The Morgan fingerprint density at radius 2 is 2.13 bits per heavy atom. The highest BCUT2D eigenvalue weighted by molar-refractivity contribution is 6.17. The molecular weight excluding hydrogens is 318 g/mol. The largest absolute Gasteiger partial charge is 0.460 e. The van der Waals surface area contributed by atoms with Gasteiger partial charge in [0.25, 0.3) is 0 Å².